The Hall–Kier alpha value is -2.14. The van der Waals surface area contributed by atoms with Gasteiger partial charge < -0.3 is 15.5 Å². The van der Waals surface area contributed by atoms with Crippen molar-refractivity contribution >= 4 is 0 Å². The minimum atomic E-state index is -0.184. The predicted octanol–water partition coefficient (Wildman–Crippen LogP) is 2.05. The highest BCUT2D eigenvalue weighted by Gasteiger charge is 2.14. The fourth-order valence-electron chi connectivity index (χ4n) is 1.95. The van der Waals surface area contributed by atoms with Crippen LogP contribution in [0, 0.1) is 6.92 Å². The van der Waals surface area contributed by atoms with E-state index in [0.29, 0.717) is 12.1 Å². The lowest BCUT2D eigenvalue weighted by Gasteiger charge is -2.16. The normalized spacial score (nSPS) is 12.3. The lowest BCUT2D eigenvalue weighted by molar-refractivity contribution is 0.418. The van der Waals surface area contributed by atoms with Gasteiger partial charge in [0, 0.05) is 18.8 Å². The second-order valence-corrected chi connectivity index (χ2v) is 4.41. The van der Waals surface area contributed by atoms with Crippen LogP contribution in [0.2, 0.25) is 0 Å². The molecular formula is C14H17N3O2. The Morgan fingerprint density at radius 3 is 2.53 bits per heavy atom. The zero-order valence-corrected chi connectivity index (χ0v) is 11.0. The zero-order chi connectivity index (χ0) is 13.8. The van der Waals surface area contributed by atoms with Gasteiger partial charge >= 0.3 is 0 Å². The van der Waals surface area contributed by atoms with E-state index >= 15 is 0 Å². The number of nitrogens with one attached hydrogen (secondary N) is 1. The first-order valence-electron chi connectivity index (χ1n) is 6.10. The van der Waals surface area contributed by atoms with Crippen molar-refractivity contribution in [2.45, 2.75) is 26.4 Å². The van der Waals surface area contributed by atoms with Gasteiger partial charge in [0.2, 0.25) is 0 Å². The first-order chi connectivity index (χ1) is 9.08. The molecule has 3 N–H and O–H groups in total. The molecule has 1 aromatic carbocycles. The van der Waals surface area contributed by atoms with Gasteiger partial charge in [-0.1, -0.05) is 6.07 Å². The summed E-state index contributed by atoms with van der Waals surface area (Å²) in [5.74, 6) is 0.884. The van der Waals surface area contributed by atoms with Crippen LogP contribution < -0.4 is 5.32 Å². The zero-order valence-electron chi connectivity index (χ0n) is 11.0. The third-order valence-electron chi connectivity index (χ3n) is 2.92. The van der Waals surface area contributed by atoms with Crippen LogP contribution in [0.1, 0.15) is 30.0 Å². The number of nitrogens with zero attached hydrogens (tertiary/aromatic N) is 2. The molecule has 1 heterocycles. The molecule has 0 fully saturated rings. The minimum absolute atomic E-state index is 0.0823. The molecule has 0 saturated carbocycles. The van der Waals surface area contributed by atoms with Crippen molar-refractivity contribution in [2.75, 3.05) is 0 Å². The molecule has 0 saturated heterocycles. The highest BCUT2D eigenvalue weighted by molar-refractivity contribution is 5.44. The van der Waals surface area contributed by atoms with Crippen LogP contribution in [-0.2, 0) is 6.54 Å². The van der Waals surface area contributed by atoms with Crippen molar-refractivity contribution in [3.8, 4) is 11.5 Å². The molecule has 0 aliphatic rings. The summed E-state index contributed by atoms with van der Waals surface area (Å²) in [6.07, 6.45) is 1.71. The highest BCUT2D eigenvalue weighted by Crippen LogP contribution is 2.32. The van der Waals surface area contributed by atoms with Crippen LogP contribution in [0.5, 0.6) is 11.5 Å². The Morgan fingerprint density at radius 2 is 1.89 bits per heavy atom. The first-order valence-corrected chi connectivity index (χ1v) is 6.10. The minimum Gasteiger partial charge on any atom is -0.507 e. The predicted molar refractivity (Wildman–Crippen MR) is 71.8 cm³/mol. The molecule has 0 spiro atoms. The number of benzene rings is 1. The van der Waals surface area contributed by atoms with E-state index in [1.54, 1.807) is 24.4 Å². The van der Waals surface area contributed by atoms with Crippen LogP contribution in [0.15, 0.2) is 30.5 Å². The second kappa shape index (κ2) is 5.67. The summed E-state index contributed by atoms with van der Waals surface area (Å²) in [6.45, 7) is 4.25. The van der Waals surface area contributed by atoms with Crippen LogP contribution >= 0.6 is 0 Å². The molecule has 0 bridgehead atoms. The quantitative estimate of drug-likeness (QED) is 0.783. The molecule has 1 aromatic heterocycles. The summed E-state index contributed by atoms with van der Waals surface area (Å²) >= 11 is 0. The van der Waals surface area contributed by atoms with E-state index < -0.39 is 0 Å². The molecule has 0 amide bonds. The van der Waals surface area contributed by atoms with Crippen molar-refractivity contribution in [1.29, 1.82) is 0 Å². The molecule has 1 unspecified atom stereocenters. The molecule has 1 atom stereocenters. The molecule has 100 valence electrons. The number of hydrogen-bond donors (Lipinski definition) is 3. The summed E-state index contributed by atoms with van der Waals surface area (Å²) in [6, 6.07) is 6.37. The van der Waals surface area contributed by atoms with E-state index in [1.807, 2.05) is 19.9 Å². The summed E-state index contributed by atoms with van der Waals surface area (Å²) < 4.78 is 0. The molecular weight excluding hydrogens is 242 g/mol. The Kier molecular flexibility index (Phi) is 3.97. The van der Waals surface area contributed by atoms with Crippen LogP contribution in [-0.4, -0.2) is 20.2 Å². The van der Waals surface area contributed by atoms with Gasteiger partial charge in [-0.25, -0.2) is 9.97 Å². The summed E-state index contributed by atoms with van der Waals surface area (Å²) in [5.41, 5.74) is 1.36. The molecule has 19 heavy (non-hydrogen) atoms. The SMILES string of the molecule is Cc1nccc(CNC(C)c2c(O)cccc2O)n1. The third kappa shape index (κ3) is 3.20. The lowest BCUT2D eigenvalue weighted by atomic mass is 10.1. The molecule has 0 radical (unpaired) electrons. The van der Waals surface area contributed by atoms with Gasteiger partial charge in [-0.15, -0.1) is 0 Å². The Balaban J connectivity index is 2.07. The summed E-state index contributed by atoms with van der Waals surface area (Å²) in [7, 11) is 0. The van der Waals surface area contributed by atoms with Gasteiger partial charge in [-0.2, -0.15) is 0 Å². The molecule has 0 aliphatic carbocycles. The number of phenolic OH excluding ortho intramolecular Hbond substituents is 2. The molecule has 5 nitrogen and oxygen atoms in total. The lowest BCUT2D eigenvalue weighted by Crippen LogP contribution is -2.19. The van der Waals surface area contributed by atoms with E-state index in [4.69, 9.17) is 0 Å². The average molecular weight is 259 g/mol. The van der Waals surface area contributed by atoms with E-state index in [-0.39, 0.29) is 17.5 Å². The van der Waals surface area contributed by atoms with Gasteiger partial charge in [0.25, 0.3) is 0 Å². The Labute approximate surface area is 112 Å². The first kappa shape index (κ1) is 13.3. The van der Waals surface area contributed by atoms with E-state index in [0.717, 1.165) is 11.5 Å². The largest absolute Gasteiger partial charge is 0.507 e. The van der Waals surface area contributed by atoms with Crippen molar-refractivity contribution in [3.05, 3.63) is 47.5 Å². The van der Waals surface area contributed by atoms with Gasteiger partial charge in [-0.3, -0.25) is 0 Å². The van der Waals surface area contributed by atoms with Crippen molar-refractivity contribution in [3.63, 3.8) is 0 Å². The number of hydrogen-bond acceptors (Lipinski definition) is 5. The number of aromatic nitrogens is 2. The van der Waals surface area contributed by atoms with E-state index in [9.17, 15) is 10.2 Å². The van der Waals surface area contributed by atoms with E-state index in [2.05, 4.69) is 15.3 Å². The number of rotatable bonds is 4. The van der Waals surface area contributed by atoms with Crippen molar-refractivity contribution in [2.24, 2.45) is 0 Å². The number of aromatic hydroxyl groups is 2. The fourth-order valence-corrected chi connectivity index (χ4v) is 1.95. The maximum absolute atomic E-state index is 9.78. The summed E-state index contributed by atoms with van der Waals surface area (Å²) in [5, 5.41) is 22.8. The standard InChI is InChI=1S/C14H17N3O2/c1-9(14-12(18)4-3-5-13(14)19)16-8-11-6-7-15-10(2)17-11/h3-7,9,16,18-19H,8H2,1-2H3. The monoisotopic (exact) mass is 259 g/mol. The molecule has 2 rings (SSSR count). The van der Waals surface area contributed by atoms with Crippen molar-refractivity contribution in [1.82, 2.24) is 15.3 Å². The van der Waals surface area contributed by atoms with Crippen molar-refractivity contribution < 1.29 is 10.2 Å². The van der Waals surface area contributed by atoms with Gasteiger partial charge in [0.1, 0.15) is 17.3 Å². The van der Waals surface area contributed by atoms with Gasteiger partial charge in [0.15, 0.2) is 0 Å². The third-order valence-corrected chi connectivity index (χ3v) is 2.92. The maximum atomic E-state index is 9.78. The Morgan fingerprint density at radius 1 is 1.21 bits per heavy atom. The van der Waals surface area contributed by atoms with Crippen LogP contribution in [0.25, 0.3) is 0 Å². The number of phenols is 2. The highest BCUT2D eigenvalue weighted by atomic mass is 16.3. The van der Waals surface area contributed by atoms with Gasteiger partial charge in [-0.05, 0) is 32.0 Å². The molecule has 5 heteroatoms. The Bertz CT molecular complexity index is 552. The van der Waals surface area contributed by atoms with Crippen LogP contribution in [0.3, 0.4) is 0 Å². The molecule has 0 aliphatic heterocycles. The number of aryl methyl sites for hydroxylation is 1. The molecule has 2 aromatic rings. The summed E-state index contributed by atoms with van der Waals surface area (Å²) in [4.78, 5) is 8.32. The second-order valence-electron chi connectivity index (χ2n) is 4.41. The fraction of sp³-hybridized carbons (Fsp3) is 0.286. The van der Waals surface area contributed by atoms with Crippen LogP contribution in [0.4, 0.5) is 0 Å². The topological polar surface area (TPSA) is 78.3 Å². The smallest absolute Gasteiger partial charge is 0.125 e. The average Bonchev–Trinajstić information content (AvgIpc) is 2.36. The van der Waals surface area contributed by atoms with E-state index in [1.165, 1.54) is 0 Å². The maximum Gasteiger partial charge on any atom is 0.125 e. The van der Waals surface area contributed by atoms with Gasteiger partial charge in [0.05, 0.1) is 11.3 Å².